The molecule has 1 aromatic heterocycles. The lowest BCUT2D eigenvalue weighted by Crippen LogP contribution is -2.38. The normalized spacial score (nSPS) is 12.2. The Morgan fingerprint density at radius 3 is 2.55 bits per heavy atom. The molecule has 0 aliphatic carbocycles. The summed E-state index contributed by atoms with van der Waals surface area (Å²) in [5.41, 5.74) is 1.70. The highest BCUT2D eigenvalue weighted by Gasteiger charge is 2.22. The third-order valence-corrected chi connectivity index (χ3v) is 3.36. The second kappa shape index (κ2) is 7.66. The molecular weight excluding hydrogens is 281 g/mol. The maximum Gasteiger partial charge on any atom is 0.241 e. The van der Waals surface area contributed by atoms with Crippen LogP contribution in [0.2, 0.25) is 0 Å². The van der Waals surface area contributed by atoms with Crippen molar-refractivity contribution in [2.75, 3.05) is 20.6 Å². The van der Waals surface area contributed by atoms with Crippen LogP contribution < -0.4 is 5.32 Å². The number of likely N-dealkylation sites (N-methyl/N-ethyl adjacent to an activating group) is 1. The van der Waals surface area contributed by atoms with Crippen LogP contribution in [0.15, 0.2) is 48.7 Å². The summed E-state index contributed by atoms with van der Waals surface area (Å²) in [7, 11) is 3.65. The van der Waals surface area contributed by atoms with Gasteiger partial charge in [0.15, 0.2) is 0 Å². The number of rotatable bonds is 6. The molecule has 1 heterocycles. The molecule has 2 aromatic rings. The summed E-state index contributed by atoms with van der Waals surface area (Å²) in [4.78, 5) is 18.4. The molecule has 0 spiro atoms. The number of nitrogens with zero attached hydrogens (tertiary/aromatic N) is 2. The zero-order chi connectivity index (χ0) is 15.9. The summed E-state index contributed by atoms with van der Waals surface area (Å²) in [6, 6.07) is 11.3. The Balaban J connectivity index is 1.97. The van der Waals surface area contributed by atoms with Gasteiger partial charge in [0.05, 0.1) is 0 Å². The number of amides is 1. The number of carbonyl (C=O) groups excluding carboxylic acids is 1. The molecule has 0 aliphatic rings. The quantitative estimate of drug-likeness (QED) is 0.889. The van der Waals surface area contributed by atoms with E-state index >= 15 is 0 Å². The zero-order valence-corrected chi connectivity index (χ0v) is 12.8. The van der Waals surface area contributed by atoms with Crippen molar-refractivity contribution in [3.8, 4) is 0 Å². The fourth-order valence-electron chi connectivity index (χ4n) is 2.29. The molecule has 1 N–H and O–H groups in total. The van der Waals surface area contributed by atoms with Gasteiger partial charge in [-0.25, -0.2) is 4.39 Å². The van der Waals surface area contributed by atoms with Crippen molar-refractivity contribution in [2.24, 2.45) is 0 Å². The van der Waals surface area contributed by atoms with E-state index in [0.717, 1.165) is 11.3 Å². The minimum absolute atomic E-state index is 0.104. The van der Waals surface area contributed by atoms with Gasteiger partial charge in [-0.15, -0.1) is 0 Å². The van der Waals surface area contributed by atoms with E-state index in [2.05, 4.69) is 10.3 Å². The van der Waals surface area contributed by atoms with Crippen LogP contribution in [0.5, 0.6) is 0 Å². The van der Waals surface area contributed by atoms with Gasteiger partial charge in [-0.2, -0.15) is 0 Å². The van der Waals surface area contributed by atoms with E-state index in [4.69, 9.17) is 0 Å². The second-order valence-electron chi connectivity index (χ2n) is 5.28. The fraction of sp³-hybridized carbons (Fsp3) is 0.294. The molecule has 0 radical (unpaired) electrons. The van der Waals surface area contributed by atoms with Crippen molar-refractivity contribution >= 4 is 5.91 Å². The number of halogens is 1. The van der Waals surface area contributed by atoms with Gasteiger partial charge < -0.3 is 5.32 Å². The molecule has 0 aliphatic heterocycles. The monoisotopic (exact) mass is 301 g/mol. The third-order valence-electron chi connectivity index (χ3n) is 3.36. The molecule has 1 atom stereocenters. The minimum Gasteiger partial charge on any atom is -0.354 e. The van der Waals surface area contributed by atoms with E-state index in [1.54, 1.807) is 18.3 Å². The Kier molecular flexibility index (Phi) is 5.61. The Bertz CT molecular complexity index is 599. The molecule has 1 amide bonds. The lowest BCUT2D eigenvalue weighted by molar-refractivity contribution is -0.125. The molecule has 0 saturated carbocycles. The van der Waals surface area contributed by atoms with Gasteiger partial charge in [0.1, 0.15) is 11.9 Å². The van der Waals surface area contributed by atoms with Gasteiger partial charge in [-0.1, -0.05) is 18.2 Å². The SMILES string of the molecule is CN(C)[C@H](C(=O)NCCc1ccccn1)c1ccc(F)cc1. The van der Waals surface area contributed by atoms with Crippen molar-refractivity contribution in [1.82, 2.24) is 15.2 Å². The number of pyridine rings is 1. The Hall–Kier alpha value is -2.27. The van der Waals surface area contributed by atoms with Crippen molar-refractivity contribution in [3.05, 3.63) is 65.7 Å². The van der Waals surface area contributed by atoms with Gasteiger partial charge in [-0.05, 0) is 43.9 Å². The number of nitrogens with one attached hydrogen (secondary N) is 1. The first kappa shape index (κ1) is 16.1. The average molecular weight is 301 g/mol. The van der Waals surface area contributed by atoms with E-state index in [-0.39, 0.29) is 11.7 Å². The highest BCUT2D eigenvalue weighted by Crippen LogP contribution is 2.18. The molecule has 0 unspecified atom stereocenters. The molecule has 4 nitrogen and oxygen atoms in total. The second-order valence-corrected chi connectivity index (χ2v) is 5.28. The van der Waals surface area contributed by atoms with Crippen molar-refractivity contribution in [2.45, 2.75) is 12.5 Å². The lowest BCUT2D eigenvalue weighted by atomic mass is 10.1. The van der Waals surface area contributed by atoms with Crippen LogP contribution >= 0.6 is 0 Å². The number of aromatic nitrogens is 1. The summed E-state index contributed by atoms with van der Waals surface area (Å²) >= 11 is 0. The third kappa shape index (κ3) is 4.36. The van der Waals surface area contributed by atoms with Gasteiger partial charge in [0, 0.05) is 24.9 Å². The number of hydrogen-bond acceptors (Lipinski definition) is 3. The maximum atomic E-state index is 13.0. The molecule has 2 rings (SSSR count). The van der Waals surface area contributed by atoms with E-state index in [0.29, 0.717) is 13.0 Å². The van der Waals surface area contributed by atoms with Crippen LogP contribution in [0.4, 0.5) is 4.39 Å². The largest absolute Gasteiger partial charge is 0.354 e. The zero-order valence-electron chi connectivity index (χ0n) is 12.8. The summed E-state index contributed by atoms with van der Waals surface area (Å²) in [6.07, 6.45) is 2.41. The van der Waals surface area contributed by atoms with Crippen LogP contribution in [0.25, 0.3) is 0 Å². The first-order valence-corrected chi connectivity index (χ1v) is 7.17. The van der Waals surface area contributed by atoms with Gasteiger partial charge in [0.2, 0.25) is 5.91 Å². The number of benzene rings is 1. The van der Waals surface area contributed by atoms with Gasteiger partial charge in [0.25, 0.3) is 0 Å². The van der Waals surface area contributed by atoms with Crippen LogP contribution in [-0.4, -0.2) is 36.4 Å². The lowest BCUT2D eigenvalue weighted by Gasteiger charge is -2.23. The Labute approximate surface area is 130 Å². The number of carbonyl (C=O) groups is 1. The van der Waals surface area contributed by atoms with Crippen LogP contribution in [0, 0.1) is 5.82 Å². The first-order valence-electron chi connectivity index (χ1n) is 7.17. The summed E-state index contributed by atoms with van der Waals surface area (Å²) in [5, 5.41) is 2.91. The Morgan fingerprint density at radius 2 is 1.95 bits per heavy atom. The fourth-order valence-corrected chi connectivity index (χ4v) is 2.29. The summed E-state index contributed by atoms with van der Waals surface area (Å²) < 4.78 is 13.0. The predicted octanol–water partition coefficient (Wildman–Crippen LogP) is 2.18. The minimum atomic E-state index is -0.440. The predicted molar refractivity (Wildman–Crippen MR) is 83.8 cm³/mol. The Morgan fingerprint density at radius 1 is 1.23 bits per heavy atom. The highest BCUT2D eigenvalue weighted by atomic mass is 19.1. The van der Waals surface area contributed by atoms with Crippen LogP contribution in [-0.2, 0) is 11.2 Å². The smallest absolute Gasteiger partial charge is 0.241 e. The van der Waals surface area contributed by atoms with Crippen LogP contribution in [0.1, 0.15) is 17.3 Å². The van der Waals surface area contributed by atoms with E-state index < -0.39 is 6.04 Å². The van der Waals surface area contributed by atoms with Crippen molar-refractivity contribution in [3.63, 3.8) is 0 Å². The van der Waals surface area contributed by atoms with Gasteiger partial charge >= 0.3 is 0 Å². The highest BCUT2D eigenvalue weighted by molar-refractivity contribution is 5.83. The van der Waals surface area contributed by atoms with Crippen molar-refractivity contribution in [1.29, 1.82) is 0 Å². The van der Waals surface area contributed by atoms with Gasteiger partial charge in [-0.3, -0.25) is 14.7 Å². The number of hydrogen-bond donors (Lipinski definition) is 1. The molecule has 5 heteroatoms. The summed E-state index contributed by atoms with van der Waals surface area (Å²) in [6.45, 7) is 0.515. The average Bonchev–Trinajstić information content (AvgIpc) is 2.50. The molecular formula is C17H20FN3O. The molecule has 0 bridgehead atoms. The maximum absolute atomic E-state index is 13.0. The molecule has 116 valence electrons. The summed E-state index contributed by atoms with van der Waals surface area (Å²) in [5.74, 6) is -0.413. The molecule has 0 fully saturated rings. The molecule has 1 aromatic carbocycles. The van der Waals surface area contributed by atoms with E-state index in [1.807, 2.05) is 37.2 Å². The van der Waals surface area contributed by atoms with Crippen molar-refractivity contribution < 1.29 is 9.18 Å². The first-order chi connectivity index (χ1) is 10.6. The van der Waals surface area contributed by atoms with E-state index in [1.165, 1.54) is 12.1 Å². The topological polar surface area (TPSA) is 45.2 Å². The molecule has 22 heavy (non-hydrogen) atoms. The molecule has 0 saturated heterocycles. The standard InChI is InChI=1S/C17H20FN3O/c1-21(2)16(13-6-8-14(18)9-7-13)17(22)20-12-10-15-5-3-4-11-19-15/h3-9,11,16H,10,12H2,1-2H3,(H,20,22)/t16-/m0/s1. The van der Waals surface area contributed by atoms with Crippen LogP contribution in [0.3, 0.4) is 0 Å². The van der Waals surface area contributed by atoms with E-state index in [9.17, 15) is 9.18 Å².